The zero-order chi connectivity index (χ0) is 24.0. The second-order valence-corrected chi connectivity index (χ2v) is 7.50. The molecular formula is C24H23F3N3O3-. The van der Waals surface area contributed by atoms with Crippen molar-refractivity contribution in [2.45, 2.75) is 33.0 Å². The molecule has 0 unspecified atom stereocenters. The minimum atomic E-state index is -4.39. The van der Waals surface area contributed by atoms with Crippen LogP contribution in [0.15, 0.2) is 54.7 Å². The molecule has 1 aromatic heterocycles. The summed E-state index contributed by atoms with van der Waals surface area (Å²) in [4.78, 5) is 21.5. The minimum Gasteiger partial charge on any atom is -0.546 e. The second-order valence-electron chi connectivity index (χ2n) is 7.50. The minimum absolute atomic E-state index is 0.462. The molecule has 0 aliphatic rings. The van der Waals surface area contributed by atoms with Crippen molar-refractivity contribution in [1.82, 2.24) is 9.97 Å². The molecule has 3 aromatic rings. The molecule has 1 heterocycles. The third-order valence-electron chi connectivity index (χ3n) is 4.89. The summed E-state index contributed by atoms with van der Waals surface area (Å²) in [6.07, 6.45) is -1.98. The second kappa shape index (κ2) is 10.3. The first-order valence-electron chi connectivity index (χ1n) is 10.3. The molecule has 0 aliphatic carbocycles. The van der Waals surface area contributed by atoms with Gasteiger partial charge in [-0.2, -0.15) is 13.2 Å². The van der Waals surface area contributed by atoms with E-state index in [9.17, 15) is 23.1 Å². The lowest BCUT2D eigenvalue weighted by atomic mass is 10.1. The topological polar surface area (TPSA) is 78.4 Å². The number of carboxylic acids is 1. The van der Waals surface area contributed by atoms with E-state index in [-0.39, 0.29) is 0 Å². The van der Waals surface area contributed by atoms with E-state index in [4.69, 9.17) is 4.74 Å². The molecule has 0 saturated carbocycles. The van der Waals surface area contributed by atoms with Gasteiger partial charge in [0.15, 0.2) is 0 Å². The van der Waals surface area contributed by atoms with Gasteiger partial charge in [-0.05, 0) is 48.7 Å². The zero-order valence-corrected chi connectivity index (χ0v) is 18.2. The number of nitrogens with zero attached hydrogens (tertiary/aromatic N) is 3. The van der Waals surface area contributed by atoms with Gasteiger partial charge in [-0.1, -0.05) is 31.2 Å². The van der Waals surface area contributed by atoms with Crippen LogP contribution in [0, 0.1) is 6.92 Å². The summed E-state index contributed by atoms with van der Waals surface area (Å²) in [5, 5.41) is 10.6. The summed E-state index contributed by atoms with van der Waals surface area (Å²) >= 11 is 0. The van der Waals surface area contributed by atoms with E-state index in [0.717, 1.165) is 29.7 Å². The van der Waals surface area contributed by atoms with Crippen LogP contribution in [-0.4, -0.2) is 29.1 Å². The molecule has 0 spiro atoms. The molecular weight excluding hydrogens is 435 g/mol. The van der Waals surface area contributed by atoms with Gasteiger partial charge in [0.25, 0.3) is 0 Å². The quantitative estimate of drug-likeness (QED) is 0.482. The SMILES string of the molecule is CCCN(Cc1ccc(OCC(=O)[O-])c(C)c1)c1nccc(-c2ccc(C(F)(F)F)cc2)n1. The van der Waals surface area contributed by atoms with E-state index >= 15 is 0 Å². The first kappa shape index (κ1) is 24.0. The van der Waals surface area contributed by atoms with E-state index in [0.29, 0.717) is 36.0 Å². The Balaban J connectivity index is 1.81. The van der Waals surface area contributed by atoms with Crippen LogP contribution in [0.5, 0.6) is 5.75 Å². The molecule has 6 nitrogen and oxygen atoms in total. The van der Waals surface area contributed by atoms with Crippen molar-refractivity contribution in [3.8, 4) is 17.0 Å². The van der Waals surface area contributed by atoms with Gasteiger partial charge >= 0.3 is 6.18 Å². The Hall–Kier alpha value is -3.62. The lowest BCUT2D eigenvalue weighted by molar-refractivity contribution is -0.307. The smallest absolute Gasteiger partial charge is 0.416 e. The molecule has 3 rings (SSSR count). The molecule has 2 aromatic carbocycles. The Morgan fingerprint density at radius 2 is 1.85 bits per heavy atom. The van der Waals surface area contributed by atoms with Crippen molar-refractivity contribution in [3.63, 3.8) is 0 Å². The van der Waals surface area contributed by atoms with Crippen LogP contribution in [0.1, 0.15) is 30.0 Å². The van der Waals surface area contributed by atoms with Gasteiger partial charge in [0.2, 0.25) is 5.95 Å². The Labute approximate surface area is 189 Å². The number of anilines is 1. The number of carbonyl (C=O) groups is 1. The number of aromatic nitrogens is 2. The van der Waals surface area contributed by atoms with E-state index in [1.807, 2.05) is 30.9 Å². The van der Waals surface area contributed by atoms with Crippen molar-refractivity contribution in [3.05, 3.63) is 71.4 Å². The number of benzene rings is 2. The molecule has 174 valence electrons. The van der Waals surface area contributed by atoms with Gasteiger partial charge in [-0.15, -0.1) is 0 Å². The van der Waals surface area contributed by atoms with E-state index in [1.54, 1.807) is 18.3 Å². The predicted octanol–water partition coefficient (Wildman–Crippen LogP) is 4.02. The summed E-state index contributed by atoms with van der Waals surface area (Å²) in [5.41, 5.74) is 2.11. The number of rotatable bonds is 9. The van der Waals surface area contributed by atoms with Crippen molar-refractivity contribution >= 4 is 11.9 Å². The summed E-state index contributed by atoms with van der Waals surface area (Å²) in [7, 11) is 0. The Morgan fingerprint density at radius 1 is 1.12 bits per heavy atom. The standard InChI is InChI=1S/C24H24F3N3O3/c1-3-12-30(14-17-4-9-21(16(2)13-17)33-15-22(31)32)23-28-11-10-20(29-23)18-5-7-19(8-6-18)24(25,26)27/h4-11,13H,3,12,14-15H2,1-2H3,(H,31,32)/p-1. The highest BCUT2D eigenvalue weighted by Crippen LogP contribution is 2.31. The molecule has 0 atom stereocenters. The number of hydrogen-bond donors (Lipinski definition) is 0. The lowest BCUT2D eigenvalue weighted by Gasteiger charge is -2.23. The van der Waals surface area contributed by atoms with Gasteiger partial charge in [0.1, 0.15) is 12.4 Å². The van der Waals surface area contributed by atoms with Crippen LogP contribution in [0.25, 0.3) is 11.3 Å². The third-order valence-corrected chi connectivity index (χ3v) is 4.89. The number of halogens is 3. The average molecular weight is 458 g/mol. The van der Waals surface area contributed by atoms with Crippen LogP contribution < -0.4 is 14.7 Å². The first-order chi connectivity index (χ1) is 15.7. The van der Waals surface area contributed by atoms with Crippen molar-refractivity contribution in [2.24, 2.45) is 0 Å². The zero-order valence-electron chi connectivity index (χ0n) is 18.2. The number of alkyl halides is 3. The fraction of sp³-hybridized carbons (Fsp3) is 0.292. The monoisotopic (exact) mass is 458 g/mol. The maximum absolute atomic E-state index is 12.8. The number of aliphatic carboxylic acids is 1. The van der Waals surface area contributed by atoms with Crippen molar-refractivity contribution < 1.29 is 27.8 Å². The van der Waals surface area contributed by atoms with E-state index in [1.165, 1.54) is 12.1 Å². The number of carbonyl (C=O) groups excluding carboxylic acids is 1. The van der Waals surface area contributed by atoms with Crippen molar-refractivity contribution in [1.29, 1.82) is 0 Å². The molecule has 0 saturated heterocycles. The largest absolute Gasteiger partial charge is 0.546 e. The first-order valence-corrected chi connectivity index (χ1v) is 10.3. The number of hydrogen-bond acceptors (Lipinski definition) is 6. The van der Waals surface area contributed by atoms with Gasteiger partial charge in [0.05, 0.1) is 17.2 Å². The summed E-state index contributed by atoms with van der Waals surface area (Å²) in [6.45, 7) is 4.48. The lowest BCUT2D eigenvalue weighted by Crippen LogP contribution is -2.29. The molecule has 0 fully saturated rings. The molecule has 9 heteroatoms. The number of carboxylic acid groups (broad SMARTS) is 1. The van der Waals surface area contributed by atoms with Gasteiger partial charge < -0.3 is 19.5 Å². The Morgan fingerprint density at radius 3 is 2.45 bits per heavy atom. The Bertz CT molecular complexity index is 1100. The number of ether oxygens (including phenoxy) is 1. The molecule has 0 radical (unpaired) electrons. The third kappa shape index (κ3) is 6.44. The van der Waals surface area contributed by atoms with Gasteiger partial charge in [-0.25, -0.2) is 9.97 Å². The molecule has 0 N–H and O–H groups in total. The highest BCUT2D eigenvalue weighted by Gasteiger charge is 2.30. The maximum Gasteiger partial charge on any atom is 0.416 e. The summed E-state index contributed by atoms with van der Waals surface area (Å²) in [5.74, 6) is -0.368. The molecule has 0 amide bonds. The number of aryl methyl sites for hydroxylation is 1. The predicted molar refractivity (Wildman–Crippen MR) is 115 cm³/mol. The normalized spacial score (nSPS) is 11.3. The fourth-order valence-corrected chi connectivity index (χ4v) is 3.34. The highest BCUT2D eigenvalue weighted by molar-refractivity contribution is 5.66. The van der Waals surface area contributed by atoms with Crippen molar-refractivity contribution in [2.75, 3.05) is 18.1 Å². The molecule has 0 bridgehead atoms. The van der Waals surface area contributed by atoms with Gasteiger partial charge in [0, 0.05) is 24.8 Å². The van der Waals surface area contributed by atoms with Crippen LogP contribution in [0.3, 0.4) is 0 Å². The maximum atomic E-state index is 12.8. The molecule has 0 aliphatic heterocycles. The van der Waals surface area contributed by atoms with E-state index in [2.05, 4.69) is 9.97 Å². The Kier molecular flexibility index (Phi) is 7.52. The fourth-order valence-electron chi connectivity index (χ4n) is 3.34. The van der Waals surface area contributed by atoms with Crippen LogP contribution >= 0.6 is 0 Å². The van der Waals surface area contributed by atoms with Crippen LogP contribution in [0.2, 0.25) is 0 Å². The van der Waals surface area contributed by atoms with Gasteiger partial charge in [-0.3, -0.25) is 0 Å². The van der Waals surface area contributed by atoms with E-state index < -0.39 is 24.3 Å². The van der Waals surface area contributed by atoms with Crippen LogP contribution in [-0.2, 0) is 17.5 Å². The average Bonchev–Trinajstić information content (AvgIpc) is 2.78. The summed E-state index contributed by atoms with van der Waals surface area (Å²) in [6, 6.07) is 12.0. The molecule has 33 heavy (non-hydrogen) atoms. The van der Waals surface area contributed by atoms with Crippen LogP contribution in [0.4, 0.5) is 19.1 Å². The highest BCUT2D eigenvalue weighted by atomic mass is 19.4. The summed E-state index contributed by atoms with van der Waals surface area (Å²) < 4.78 is 43.8.